The first-order valence-electron chi connectivity index (χ1n) is 21.0. The van der Waals surface area contributed by atoms with Crippen molar-refractivity contribution in [3.8, 4) is 24.7 Å². The van der Waals surface area contributed by atoms with Gasteiger partial charge in [0.1, 0.15) is 6.10 Å². The standard InChI is InChI=1S/C46H78O3/c1-3-5-7-9-11-13-15-17-19-21-23-25-27-29-31-36-40-47-43-46(44-48-42-45-38-34-33-35-39-45)49-41-37-32-30-28-26-24-22-20-18-16-14-12-10-8-6-4-2/h1-2,33-35,38-39,46H,5-32,36-37,40-44H2. The van der Waals surface area contributed by atoms with E-state index in [0.29, 0.717) is 19.8 Å². The van der Waals surface area contributed by atoms with Crippen molar-refractivity contribution in [2.45, 2.75) is 205 Å². The highest BCUT2D eigenvalue weighted by atomic mass is 16.6. The molecular weight excluding hydrogens is 601 g/mol. The van der Waals surface area contributed by atoms with E-state index >= 15 is 0 Å². The van der Waals surface area contributed by atoms with Crippen LogP contribution in [0.5, 0.6) is 0 Å². The molecule has 1 rings (SSSR count). The van der Waals surface area contributed by atoms with Crippen LogP contribution in [0, 0.1) is 24.7 Å². The van der Waals surface area contributed by atoms with Crippen LogP contribution in [0.25, 0.3) is 0 Å². The lowest BCUT2D eigenvalue weighted by molar-refractivity contribution is -0.0645. The summed E-state index contributed by atoms with van der Waals surface area (Å²) < 4.78 is 18.4. The van der Waals surface area contributed by atoms with Crippen molar-refractivity contribution in [3.05, 3.63) is 35.9 Å². The van der Waals surface area contributed by atoms with E-state index in [2.05, 4.69) is 36.1 Å². The molecular formula is C46H78O3. The van der Waals surface area contributed by atoms with Crippen molar-refractivity contribution >= 4 is 0 Å². The molecule has 0 radical (unpaired) electrons. The van der Waals surface area contributed by atoms with Gasteiger partial charge in [-0.2, -0.15) is 0 Å². The molecule has 0 saturated carbocycles. The summed E-state index contributed by atoms with van der Waals surface area (Å²) in [5.74, 6) is 5.48. The lowest BCUT2D eigenvalue weighted by Crippen LogP contribution is -2.26. The smallest absolute Gasteiger partial charge is 0.104 e. The number of rotatable bonds is 39. The molecule has 0 amide bonds. The molecule has 0 fully saturated rings. The molecule has 0 N–H and O–H groups in total. The fourth-order valence-corrected chi connectivity index (χ4v) is 6.49. The van der Waals surface area contributed by atoms with E-state index in [1.165, 1.54) is 173 Å². The summed E-state index contributed by atoms with van der Waals surface area (Å²) in [7, 11) is 0. The quantitative estimate of drug-likeness (QED) is 0.0512. The van der Waals surface area contributed by atoms with Crippen molar-refractivity contribution < 1.29 is 14.2 Å². The first-order chi connectivity index (χ1) is 24.4. The van der Waals surface area contributed by atoms with Gasteiger partial charge in [-0.15, -0.1) is 24.7 Å². The SMILES string of the molecule is C#CCCCCCCCCCCCCCCCCOCC(COCc1ccccc1)OCCCCCCCCCCCCCCCCC#C. The Kier molecular flexibility index (Phi) is 36.0. The molecule has 3 nitrogen and oxygen atoms in total. The summed E-state index contributed by atoms with van der Waals surface area (Å²) >= 11 is 0. The van der Waals surface area contributed by atoms with Gasteiger partial charge < -0.3 is 14.2 Å². The van der Waals surface area contributed by atoms with Gasteiger partial charge in [0, 0.05) is 26.1 Å². The molecule has 0 heterocycles. The normalized spacial score (nSPS) is 11.8. The van der Waals surface area contributed by atoms with Crippen LogP contribution in [-0.2, 0) is 20.8 Å². The van der Waals surface area contributed by atoms with Crippen molar-refractivity contribution in [3.63, 3.8) is 0 Å². The maximum absolute atomic E-state index is 6.27. The highest BCUT2D eigenvalue weighted by molar-refractivity contribution is 5.13. The van der Waals surface area contributed by atoms with Gasteiger partial charge in [0.2, 0.25) is 0 Å². The second kappa shape index (κ2) is 39.0. The summed E-state index contributed by atoms with van der Waals surface area (Å²) in [6.45, 7) is 3.48. The molecule has 0 saturated heterocycles. The number of benzene rings is 1. The van der Waals surface area contributed by atoms with Crippen LogP contribution in [0.1, 0.15) is 198 Å². The summed E-state index contributed by atoms with van der Waals surface area (Å²) in [6.07, 6.45) is 50.0. The van der Waals surface area contributed by atoms with E-state index in [-0.39, 0.29) is 6.10 Å². The van der Waals surface area contributed by atoms with Crippen molar-refractivity contribution in [2.75, 3.05) is 26.4 Å². The van der Waals surface area contributed by atoms with Crippen LogP contribution >= 0.6 is 0 Å². The fourth-order valence-electron chi connectivity index (χ4n) is 6.49. The van der Waals surface area contributed by atoms with Crippen LogP contribution in [0.2, 0.25) is 0 Å². The average Bonchev–Trinajstić information content (AvgIpc) is 3.12. The topological polar surface area (TPSA) is 27.7 Å². The van der Waals surface area contributed by atoms with Gasteiger partial charge in [-0.3, -0.25) is 0 Å². The first kappa shape index (κ1) is 45.2. The summed E-state index contributed by atoms with van der Waals surface area (Å²) in [4.78, 5) is 0. The molecule has 1 atom stereocenters. The Morgan fingerprint density at radius 1 is 0.408 bits per heavy atom. The molecule has 0 bridgehead atoms. The Morgan fingerprint density at radius 3 is 1.16 bits per heavy atom. The molecule has 49 heavy (non-hydrogen) atoms. The molecule has 280 valence electrons. The average molecular weight is 679 g/mol. The van der Waals surface area contributed by atoms with E-state index < -0.39 is 0 Å². The lowest BCUT2D eigenvalue weighted by Gasteiger charge is -2.18. The minimum Gasteiger partial charge on any atom is -0.379 e. The zero-order valence-electron chi connectivity index (χ0n) is 32.1. The third kappa shape index (κ3) is 34.4. The maximum atomic E-state index is 6.27. The van der Waals surface area contributed by atoms with Gasteiger partial charge in [0.05, 0.1) is 19.8 Å². The molecule has 1 aromatic rings. The first-order valence-corrected chi connectivity index (χ1v) is 21.0. The van der Waals surface area contributed by atoms with E-state index in [4.69, 9.17) is 27.1 Å². The fraction of sp³-hybridized carbons (Fsp3) is 0.783. The second-order valence-electron chi connectivity index (χ2n) is 14.4. The number of hydrogen-bond acceptors (Lipinski definition) is 3. The predicted molar refractivity (Wildman–Crippen MR) is 213 cm³/mol. The largest absolute Gasteiger partial charge is 0.379 e. The number of ether oxygens (including phenoxy) is 3. The highest BCUT2D eigenvalue weighted by Gasteiger charge is 2.10. The molecule has 1 unspecified atom stereocenters. The zero-order chi connectivity index (χ0) is 35.0. The Labute approximate surface area is 305 Å². The van der Waals surface area contributed by atoms with Crippen molar-refractivity contribution in [2.24, 2.45) is 0 Å². The Balaban J connectivity index is 2.00. The predicted octanol–water partition coefficient (Wildman–Crippen LogP) is 13.6. The summed E-state index contributed by atoms with van der Waals surface area (Å²) in [5, 5.41) is 0. The molecule has 0 aliphatic heterocycles. The Bertz CT molecular complexity index is 853. The monoisotopic (exact) mass is 679 g/mol. The van der Waals surface area contributed by atoms with Gasteiger partial charge in [-0.25, -0.2) is 0 Å². The van der Waals surface area contributed by atoms with Gasteiger partial charge in [0.15, 0.2) is 0 Å². The van der Waals surface area contributed by atoms with E-state index in [1.54, 1.807) is 0 Å². The van der Waals surface area contributed by atoms with Crippen LogP contribution in [0.4, 0.5) is 0 Å². The third-order valence-electron chi connectivity index (χ3n) is 9.65. The molecule has 0 aromatic heterocycles. The molecule has 3 heteroatoms. The minimum atomic E-state index is 0.0140. The van der Waals surface area contributed by atoms with Crippen LogP contribution in [0.15, 0.2) is 30.3 Å². The summed E-state index contributed by atoms with van der Waals surface area (Å²) in [5.41, 5.74) is 1.21. The number of unbranched alkanes of at least 4 members (excludes halogenated alkanes) is 28. The molecule has 0 aliphatic carbocycles. The minimum absolute atomic E-state index is 0.0140. The van der Waals surface area contributed by atoms with E-state index in [9.17, 15) is 0 Å². The van der Waals surface area contributed by atoms with E-state index in [1.807, 2.05) is 6.07 Å². The van der Waals surface area contributed by atoms with Crippen LogP contribution in [0.3, 0.4) is 0 Å². The second-order valence-corrected chi connectivity index (χ2v) is 14.4. The Hall–Kier alpha value is -1.78. The van der Waals surface area contributed by atoms with Gasteiger partial charge in [-0.1, -0.05) is 184 Å². The zero-order valence-corrected chi connectivity index (χ0v) is 32.1. The number of terminal acetylenes is 2. The Morgan fingerprint density at radius 2 is 0.755 bits per heavy atom. The van der Waals surface area contributed by atoms with Crippen molar-refractivity contribution in [1.82, 2.24) is 0 Å². The van der Waals surface area contributed by atoms with Crippen molar-refractivity contribution in [1.29, 1.82) is 0 Å². The maximum Gasteiger partial charge on any atom is 0.104 e. The van der Waals surface area contributed by atoms with E-state index in [0.717, 1.165) is 38.9 Å². The molecule has 0 spiro atoms. The summed E-state index contributed by atoms with van der Waals surface area (Å²) in [6, 6.07) is 10.4. The van der Waals surface area contributed by atoms with Gasteiger partial charge in [-0.05, 0) is 31.2 Å². The van der Waals surface area contributed by atoms with Gasteiger partial charge >= 0.3 is 0 Å². The molecule has 0 aliphatic rings. The molecule has 1 aromatic carbocycles. The highest BCUT2D eigenvalue weighted by Crippen LogP contribution is 2.15. The van der Waals surface area contributed by atoms with Crippen LogP contribution < -0.4 is 0 Å². The van der Waals surface area contributed by atoms with Gasteiger partial charge in [0.25, 0.3) is 0 Å². The van der Waals surface area contributed by atoms with Crippen LogP contribution in [-0.4, -0.2) is 32.5 Å². The third-order valence-corrected chi connectivity index (χ3v) is 9.65. The number of hydrogen-bond donors (Lipinski definition) is 0. The lowest BCUT2D eigenvalue weighted by atomic mass is 10.0.